The highest BCUT2D eigenvalue weighted by molar-refractivity contribution is 5.94. The number of hydrogen-bond donors (Lipinski definition) is 4. The molecule has 2 aliphatic heterocycles. The van der Waals surface area contributed by atoms with E-state index < -0.39 is 22.7 Å². The van der Waals surface area contributed by atoms with Crippen LogP contribution in [0.2, 0.25) is 0 Å². The first-order valence-electron chi connectivity index (χ1n) is 19.9. The number of carbonyl (C=O) groups is 1. The van der Waals surface area contributed by atoms with E-state index >= 15 is 0 Å². The molecule has 1 spiro atoms. The molecular weight excluding hydrogens is 654 g/mol. The predicted octanol–water partition coefficient (Wildman–Crippen LogP) is 6.90. The van der Waals surface area contributed by atoms with E-state index in [4.69, 9.17) is 14.5 Å². The Morgan fingerprint density at radius 2 is 1.98 bits per heavy atom. The van der Waals surface area contributed by atoms with Crippen molar-refractivity contribution in [3.8, 4) is 11.5 Å². The Morgan fingerprint density at radius 1 is 1.17 bits per heavy atom. The number of likely N-dealkylation sites (tertiary alicyclic amines) is 1. The highest BCUT2D eigenvalue weighted by Crippen LogP contribution is 2.69. The van der Waals surface area contributed by atoms with Crippen LogP contribution in [0.4, 0.5) is 4.79 Å². The van der Waals surface area contributed by atoms with Gasteiger partial charge in [0.05, 0.1) is 16.7 Å². The number of aliphatic hydroxyl groups is 1. The number of hydrogen-bond acceptors (Lipinski definition) is 7. The summed E-state index contributed by atoms with van der Waals surface area (Å²) in [6.45, 7) is 13.7. The number of phenolic OH excluding ortho intramolecular Hbond substituents is 1. The number of H-pyrrole nitrogens is 1. The summed E-state index contributed by atoms with van der Waals surface area (Å²) in [5, 5.41) is 28.9. The third-order valence-electron chi connectivity index (χ3n) is 12.3. The van der Waals surface area contributed by atoms with Gasteiger partial charge in [-0.05, 0) is 113 Å². The highest BCUT2D eigenvalue weighted by Gasteiger charge is 2.72. The zero-order chi connectivity index (χ0) is 36.4. The number of nitrogens with zero attached hydrogens (tertiary/aromatic N) is 3. The molecule has 3 aromatic rings. The Bertz CT molecular complexity index is 1880. The fourth-order valence-electron chi connectivity index (χ4n) is 9.64. The lowest BCUT2D eigenvalue weighted by Crippen LogP contribution is -2.74. The van der Waals surface area contributed by atoms with Gasteiger partial charge < -0.3 is 30.0 Å². The number of aromatic hydroxyl groups is 1. The fraction of sp³-hybridized carbons (Fsp3) is 0.619. The van der Waals surface area contributed by atoms with Gasteiger partial charge >= 0.3 is 6.09 Å². The zero-order valence-corrected chi connectivity index (χ0v) is 31.7. The second-order valence-corrected chi connectivity index (χ2v) is 17.0. The van der Waals surface area contributed by atoms with Gasteiger partial charge in [0.2, 0.25) is 5.96 Å². The van der Waals surface area contributed by atoms with Gasteiger partial charge in [-0.3, -0.25) is 9.89 Å². The number of aromatic nitrogens is 1. The first-order valence-corrected chi connectivity index (χ1v) is 19.9. The normalized spacial score (nSPS) is 26.2. The van der Waals surface area contributed by atoms with E-state index in [-0.39, 0.29) is 17.9 Å². The summed E-state index contributed by atoms with van der Waals surface area (Å²) in [5.41, 5.74) is 4.36. The molecule has 280 valence electrons. The third-order valence-corrected chi connectivity index (χ3v) is 12.3. The highest BCUT2D eigenvalue weighted by atomic mass is 16.6. The van der Waals surface area contributed by atoms with Gasteiger partial charge in [-0.1, -0.05) is 38.8 Å². The Labute approximate surface area is 308 Å². The number of rotatable bonds is 11. The van der Waals surface area contributed by atoms with Crippen LogP contribution in [0.5, 0.6) is 11.5 Å². The standard InChI is InChI=1S/C42H57N5O5/c1-6-8-18-43-38(47(20-9-7-2)39(49)52-40(3,4)5)44-19-16-26-12-14-31-29(22-26)30-24-42(50)33-23-28-13-15-32(48)36-34(28)41(42,37(51-36)35(30)45-31)17-21-46(33)25-27-10-11-27/h12-15,22,27,33,37,45,48,50H,6-11,16-21,23-25H2,1-5H3,(H,43,44)/t33-,37+,41+,42-/m1/s1. The smallest absolute Gasteiger partial charge is 0.417 e. The molecule has 10 heteroatoms. The summed E-state index contributed by atoms with van der Waals surface area (Å²) in [5.74, 6) is 2.02. The van der Waals surface area contributed by atoms with Crippen molar-refractivity contribution in [1.29, 1.82) is 0 Å². The van der Waals surface area contributed by atoms with Gasteiger partial charge in [-0.15, -0.1) is 0 Å². The number of fused-ring (bicyclic) bond motifs is 4. The Kier molecular flexibility index (Phi) is 9.00. The van der Waals surface area contributed by atoms with E-state index in [1.807, 2.05) is 20.8 Å². The van der Waals surface area contributed by atoms with Gasteiger partial charge in [-0.25, -0.2) is 9.69 Å². The molecule has 2 fully saturated rings. The number of guanidine groups is 1. The molecule has 2 aromatic carbocycles. The van der Waals surface area contributed by atoms with Crippen molar-refractivity contribution < 1.29 is 24.5 Å². The topological polar surface area (TPSA) is 123 Å². The predicted molar refractivity (Wildman–Crippen MR) is 203 cm³/mol. The Morgan fingerprint density at radius 3 is 2.73 bits per heavy atom. The van der Waals surface area contributed by atoms with E-state index in [2.05, 4.69) is 53.3 Å². The van der Waals surface area contributed by atoms with Gasteiger partial charge in [-0.2, -0.15) is 0 Å². The second kappa shape index (κ2) is 13.3. The minimum atomic E-state index is -1.02. The van der Waals surface area contributed by atoms with Crippen LogP contribution in [0.25, 0.3) is 10.9 Å². The molecule has 3 heterocycles. The number of benzene rings is 2. The zero-order valence-electron chi connectivity index (χ0n) is 31.7. The van der Waals surface area contributed by atoms with Crippen molar-refractivity contribution in [3.05, 3.63) is 58.3 Å². The number of unbranched alkanes of at least 4 members (excludes halogenated alkanes) is 2. The summed E-state index contributed by atoms with van der Waals surface area (Å²) < 4.78 is 12.6. The molecule has 4 atom stereocenters. The molecule has 3 aliphatic carbocycles. The second-order valence-electron chi connectivity index (χ2n) is 17.0. The van der Waals surface area contributed by atoms with Crippen molar-refractivity contribution in [2.24, 2.45) is 10.9 Å². The maximum Gasteiger partial charge on any atom is 0.417 e. The SMILES string of the molecule is CCCCN=C(NCCc1ccc2[nH]c3c(c2c1)C[C@@]1(O)[C@H]2Cc4ccc(O)c5c4[C@@]1(CCN2CC1CC1)[C@H]3O5)N(CCCC)C(=O)OC(C)(C)C. The van der Waals surface area contributed by atoms with Crippen LogP contribution >= 0.6 is 0 Å². The number of carbonyl (C=O) groups excluding carboxylic acids is 1. The monoisotopic (exact) mass is 711 g/mol. The number of aliphatic imine (C=N–C) groups is 1. The molecule has 8 rings (SSSR count). The lowest BCUT2D eigenvalue weighted by atomic mass is 9.49. The average molecular weight is 712 g/mol. The Balaban J connectivity index is 1.09. The number of amides is 1. The van der Waals surface area contributed by atoms with Crippen LogP contribution in [0.1, 0.15) is 114 Å². The first kappa shape index (κ1) is 35.3. The van der Waals surface area contributed by atoms with Crippen LogP contribution in [0, 0.1) is 5.92 Å². The van der Waals surface area contributed by atoms with Crippen molar-refractivity contribution in [2.75, 3.05) is 32.7 Å². The molecule has 1 saturated carbocycles. The van der Waals surface area contributed by atoms with E-state index in [1.165, 1.54) is 18.4 Å². The van der Waals surface area contributed by atoms with Crippen LogP contribution in [0.3, 0.4) is 0 Å². The minimum absolute atomic E-state index is 0.00697. The first-order chi connectivity index (χ1) is 25.0. The minimum Gasteiger partial charge on any atom is -0.504 e. The van der Waals surface area contributed by atoms with Crippen molar-refractivity contribution in [1.82, 2.24) is 20.1 Å². The summed E-state index contributed by atoms with van der Waals surface area (Å²) in [4.78, 5) is 26.2. The maximum absolute atomic E-state index is 13.4. The lowest BCUT2D eigenvalue weighted by Gasteiger charge is -2.62. The molecule has 1 amide bonds. The van der Waals surface area contributed by atoms with Crippen LogP contribution < -0.4 is 10.1 Å². The molecule has 4 N–H and O–H groups in total. The molecular formula is C42H57N5O5. The summed E-state index contributed by atoms with van der Waals surface area (Å²) in [6.07, 6.45) is 8.40. The molecule has 1 saturated heterocycles. The van der Waals surface area contributed by atoms with Crippen molar-refractivity contribution in [2.45, 2.75) is 128 Å². The molecule has 5 aliphatic rings. The average Bonchev–Trinajstić information content (AvgIpc) is 3.74. The van der Waals surface area contributed by atoms with Gasteiger partial charge in [0.1, 0.15) is 5.60 Å². The molecule has 1 aromatic heterocycles. The van der Waals surface area contributed by atoms with Crippen LogP contribution in [-0.4, -0.2) is 87.0 Å². The summed E-state index contributed by atoms with van der Waals surface area (Å²) in [6, 6.07) is 10.4. The summed E-state index contributed by atoms with van der Waals surface area (Å²) >= 11 is 0. The van der Waals surface area contributed by atoms with Gasteiger partial charge in [0.15, 0.2) is 17.6 Å². The maximum atomic E-state index is 13.4. The quantitative estimate of drug-likeness (QED) is 0.0970. The molecule has 2 bridgehead atoms. The molecule has 0 radical (unpaired) electrons. The number of nitrogens with one attached hydrogen (secondary N) is 2. The fourth-order valence-corrected chi connectivity index (χ4v) is 9.64. The van der Waals surface area contributed by atoms with Crippen molar-refractivity contribution >= 4 is 23.0 Å². The van der Waals surface area contributed by atoms with E-state index in [1.54, 1.807) is 11.0 Å². The number of ether oxygens (including phenoxy) is 2. The number of aromatic amines is 1. The van der Waals surface area contributed by atoms with E-state index in [9.17, 15) is 15.0 Å². The largest absolute Gasteiger partial charge is 0.504 e. The molecule has 0 unspecified atom stereocenters. The van der Waals surface area contributed by atoms with Crippen LogP contribution in [0.15, 0.2) is 35.3 Å². The van der Waals surface area contributed by atoms with E-state index in [0.29, 0.717) is 37.8 Å². The molecule has 10 nitrogen and oxygen atoms in total. The molecule has 52 heavy (non-hydrogen) atoms. The Hall–Kier alpha value is -3.76. The van der Waals surface area contributed by atoms with E-state index in [0.717, 1.165) is 97.2 Å². The van der Waals surface area contributed by atoms with Crippen LogP contribution in [-0.2, 0) is 29.4 Å². The summed E-state index contributed by atoms with van der Waals surface area (Å²) in [7, 11) is 0. The van der Waals surface area contributed by atoms with Crippen molar-refractivity contribution in [3.63, 3.8) is 0 Å². The van der Waals surface area contributed by atoms with Gasteiger partial charge in [0.25, 0.3) is 0 Å². The number of phenols is 1. The number of piperidine rings is 1. The van der Waals surface area contributed by atoms with Gasteiger partial charge in [0, 0.05) is 55.1 Å². The lowest BCUT2D eigenvalue weighted by molar-refractivity contribution is -0.173. The third kappa shape index (κ3) is 5.85.